The molecule has 3 rings (SSSR count). The van der Waals surface area contributed by atoms with Crippen LogP contribution >= 0.6 is 0 Å². The van der Waals surface area contributed by atoms with Crippen LogP contribution in [0.15, 0.2) is 36.4 Å². The Hall–Kier alpha value is -2.76. The lowest BCUT2D eigenvalue weighted by Crippen LogP contribution is -2.32. The van der Waals surface area contributed by atoms with E-state index in [4.69, 9.17) is 0 Å². The molecule has 2 amide bonds. The van der Waals surface area contributed by atoms with E-state index in [0.717, 1.165) is 5.56 Å². The summed E-state index contributed by atoms with van der Waals surface area (Å²) in [5.41, 5.74) is 1.92. The van der Waals surface area contributed by atoms with Crippen LogP contribution in [0, 0.1) is 31.4 Å². The van der Waals surface area contributed by atoms with Gasteiger partial charge in [-0.3, -0.25) is 9.59 Å². The van der Waals surface area contributed by atoms with Crippen molar-refractivity contribution in [3.63, 3.8) is 0 Å². The molecular formula is C19H18F2N2O2. The minimum absolute atomic E-state index is 0.252. The summed E-state index contributed by atoms with van der Waals surface area (Å²) in [6, 6.07) is 8.85. The SMILES string of the molecule is Cc1cc(F)cc([C@H]2CNC(=O)[C@@H]2C(=O)Nc2cccc(F)c2C)c1. The van der Waals surface area contributed by atoms with Gasteiger partial charge in [-0.25, -0.2) is 8.78 Å². The molecular weight excluding hydrogens is 326 g/mol. The van der Waals surface area contributed by atoms with Crippen LogP contribution in [0.25, 0.3) is 0 Å². The molecule has 2 aromatic carbocycles. The summed E-state index contributed by atoms with van der Waals surface area (Å²) in [4.78, 5) is 24.8. The van der Waals surface area contributed by atoms with Gasteiger partial charge in [0.25, 0.3) is 0 Å². The van der Waals surface area contributed by atoms with Crippen molar-refractivity contribution in [1.29, 1.82) is 0 Å². The quantitative estimate of drug-likeness (QED) is 0.841. The van der Waals surface area contributed by atoms with E-state index < -0.39 is 35.3 Å². The maximum absolute atomic E-state index is 13.7. The van der Waals surface area contributed by atoms with Crippen molar-refractivity contribution >= 4 is 17.5 Å². The van der Waals surface area contributed by atoms with E-state index >= 15 is 0 Å². The minimum atomic E-state index is -0.996. The highest BCUT2D eigenvalue weighted by Gasteiger charge is 2.41. The van der Waals surface area contributed by atoms with Gasteiger partial charge in [0.05, 0.1) is 0 Å². The van der Waals surface area contributed by atoms with E-state index in [9.17, 15) is 18.4 Å². The molecule has 2 aromatic rings. The normalized spacial score (nSPS) is 19.6. The third-order valence-corrected chi connectivity index (χ3v) is 4.48. The monoisotopic (exact) mass is 344 g/mol. The molecule has 0 radical (unpaired) electrons. The standard InChI is InChI=1S/C19H18F2N2O2/c1-10-6-12(8-13(20)7-10)14-9-22-18(24)17(14)19(25)23-16-5-3-4-15(21)11(16)2/h3-8,14,17H,9H2,1-2H3,(H,22,24)(H,23,25)/t14-,17-/m1/s1. The number of amides is 2. The zero-order chi connectivity index (χ0) is 18.1. The van der Waals surface area contributed by atoms with Crippen LogP contribution in [0.4, 0.5) is 14.5 Å². The predicted octanol–water partition coefficient (Wildman–Crippen LogP) is 3.05. The van der Waals surface area contributed by atoms with E-state index in [0.29, 0.717) is 16.8 Å². The molecule has 25 heavy (non-hydrogen) atoms. The third-order valence-electron chi connectivity index (χ3n) is 4.48. The van der Waals surface area contributed by atoms with Crippen LogP contribution in [0.2, 0.25) is 0 Å². The summed E-state index contributed by atoms with van der Waals surface area (Å²) in [7, 11) is 0. The van der Waals surface area contributed by atoms with Crippen molar-refractivity contribution in [3.05, 3.63) is 64.7 Å². The lowest BCUT2D eigenvalue weighted by atomic mass is 9.87. The number of benzene rings is 2. The van der Waals surface area contributed by atoms with Gasteiger partial charge in [0.15, 0.2) is 0 Å². The van der Waals surface area contributed by atoms with E-state index in [2.05, 4.69) is 10.6 Å². The number of nitrogens with one attached hydrogen (secondary N) is 2. The fraction of sp³-hybridized carbons (Fsp3) is 0.263. The Morgan fingerprint density at radius 3 is 2.68 bits per heavy atom. The molecule has 0 spiro atoms. The second-order valence-corrected chi connectivity index (χ2v) is 6.29. The van der Waals surface area contributed by atoms with Crippen molar-refractivity contribution in [3.8, 4) is 0 Å². The van der Waals surface area contributed by atoms with Crippen LogP contribution in [0.1, 0.15) is 22.6 Å². The van der Waals surface area contributed by atoms with Crippen LogP contribution in [0.3, 0.4) is 0 Å². The summed E-state index contributed by atoms with van der Waals surface area (Å²) in [6.07, 6.45) is 0. The Morgan fingerprint density at radius 1 is 1.20 bits per heavy atom. The van der Waals surface area contributed by atoms with Crippen LogP contribution in [0.5, 0.6) is 0 Å². The number of anilines is 1. The number of hydrogen-bond acceptors (Lipinski definition) is 2. The van der Waals surface area contributed by atoms with Crippen molar-refractivity contribution in [1.82, 2.24) is 5.32 Å². The topological polar surface area (TPSA) is 58.2 Å². The second-order valence-electron chi connectivity index (χ2n) is 6.29. The molecule has 1 aliphatic rings. The van der Waals surface area contributed by atoms with Gasteiger partial charge >= 0.3 is 0 Å². The highest BCUT2D eigenvalue weighted by atomic mass is 19.1. The van der Waals surface area contributed by atoms with Gasteiger partial charge < -0.3 is 10.6 Å². The molecule has 6 heteroatoms. The average Bonchev–Trinajstić information content (AvgIpc) is 2.92. The van der Waals surface area contributed by atoms with E-state index in [-0.39, 0.29) is 6.54 Å². The maximum Gasteiger partial charge on any atom is 0.237 e. The summed E-state index contributed by atoms with van der Waals surface area (Å²) in [5.74, 6) is -3.27. The van der Waals surface area contributed by atoms with E-state index in [1.54, 1.807) is 26.0 Å². The molecule has 0 saturated carbocycles. The van der Waals surface area contributed by atoms with Crippen LogP contribution in [-0.4, -0.2) is 18.4 Å². The molecule has 130 valence electrons. The molecule has 0 aliphatic carbocycles. The highest BCUT2D eigenvalue weighted by Crippen LogP contribution is 2.31. The number of rotatable bonds is 3. The van der Waals surface area contributed by atoms with Gasteiger partial charge in [0.2, 0.25) is 11.8 Å². The first-order valence-corrected chi connectivity index (χ1v) is 7.97. The summed E-state index contributed by atoms with van der Waals surface area (Å²) in [6.45, 7) is 3.55. The summed E-state index contributed by atoms with van der Waals surface area (Å²) >= 11 is 0. The van der Waals surface area contributed by atoms with Gasteiger partial charge in [-0.2, -0.15) is 0 Å². The van der Waals surface area contributed by atoms with Crippen LogP contribution in [-0.2, 0) is 9.59 Å². The zero-order valence-electron chi connectivity index (χ0n) is 13.9. The average molecular weight is 344 g/mol. The number of aryl methyl sites for hydroxylation is 1. The molecule has 0 aromatic heterocycles. The summed E-state index contributed by atoms with van der Waals surface area (Å²) in [5, 5.41) is 5.27. The Bertz CT molecular complexity index is 831. The summed E-state index contributed by atoms with van der Waals surface area (Å²) < 4.78 is 27.3. The largest absolute Gasteiger partial charge is 0.355 e. The minimum Gasteiger partial charge on any atom is -0.355 e. The first-order valence-electron chi connectivity index (χ1n) is 7.97. The molecule has 1 heterocycles. The molecule has 2 N–H and O–H groups in total. The van der Waals surface area contributed by atoms with Crippen molar-refractivity contribution < 1.29 is 18.4 Å². The Labute approximate surface area is 144 Å². The maximum atomic E-state index is 13.7. The number of carbonyl (C=O) groups excluding carboxylic acids is 2. The van der Waals surface area contributed by atoms with Gasteiger partial charge in [0.1, 0.15) is 17.6 Å². The van der Waals surface area contributed by atoms with Gasteiger partial charge in [-0.1, -0.05) is 12.1 Å². The van der Waals surface area contributed by atoms with Gasteiger partial charge in [-0.15, -0.1) is 0 Å². The van der Waals surface area contributed by atoms with Crippen molar-refractivity contribution in [2.45, 2.75) is 19.8 Å². The van der Waals surface area contributed by atoms with Gasteiger partial charge in [-0.05, 0) is 49.2 Å². The lowest BCUT2D eigenvalue weighted by molar-refractivity contribution is -0.130. The Balaban J connectivity index is 1.89. The molecule has 4 nitrogen and oxygen atoms in total. The van der Waals surface area contributed by atoms with E-state index in [1.807, 2.05) is 0 Å². The fourth-order valence-corrected chi connectivity index (χ4v) is 3.17. The Morgan fingerprint density at radius 2 is 1.96 bits per heavy atom. The van der Waals surface area contributed by atoms with Gasteiger partial charge in [0, 0.05) is 23.7 Å². The molecule has 0 bridgehead atoms. The van der Waals surface area contributed by atoms with Crippen molar-refractivity contribution in [2.24, 2.45) is 5.92 Å². The lowest BCUT2D eigenvalue weighted by Gasteiger charge is -2.18. The Kier molecular flexibility index (Phi) is 4.53. The molecule has 1 fully saturated rings. The highest BCUT2D eigenvalue weighted by molar-refractivity contribution is 6.08. The zero-order valence-corrected chi connectivity index (χ0v) is 13.9. The van der Waals surface area contributed by atoms with E-state index in [1.165, 1.54) is 24.3 Å². The van der Waals surface area contributed by atoms with Crippen molar-refractivity contribution in [2.75, 3.05) is 11.9 Å². The fourth-order valence-electron chi connectivity index (χ4n) is 3.17. The molecule has 2 atom stereocenters. The number of carbonyl (C=O) groups is 2. The molecule has 0 unspecified atom stereocenters. The molecule has 1 aliphatic heterocycles. The smallest absolute Gasteiger partial charge is 0.237 e. The second kappa shape index (κ2) is 6.63. The first-order chi connectivity index (χ1) is 11.9. The third kappa shape index (κ3) is 3.38. The molecule has 1 saturated heterocycles. The van der Waals surface area contributed by atoms with Crippen LogP contribution < -0.4 is 10.6 Å². The first kappa shape index (κ1) is 17.1. The number of hydrogen-bond donors (Lipinski definition) is 2. The number of halogens is 2. The predicted molar refractivity (Wildman–Crippen MR) is 90.1 cm³/mol.